The average molecular weight is 425 g/mol. The molecule has 1 atom stereocenters. The van der Waals surface area contributed by atoms with Crippen LogP contribution >= 0.6 is 11.3 Å². The summed E-state index contributed by atoms with van der Waals surface area (Å²) in [6.45, 7) is 5.57. The summed E-state index contributed by atoms with van der Waals surface area (Å²) in [5.41, 5.74) is 2.09. The number of hydrogen-bond acceptors (Lipinski definition) is 6. The Morgan fingerprint density at radius 1 is 1.03 bits per heavy atom. The highest BCUT2D eigenvalue weighted by Gasteiger charge is 2.25. The van der Waals surface area contributed by atoms with Crippen molar-refractivity contribution in [2.45, 2.75) is 26.8 Å². The van der Waals surface area contributed by atoms with Gasteiger partial charge in [0.05, 0.1) is 0 Å². The zero-order valence-electron chi connectivity index (χ0n) is 17.1. The molecular weight excluding hydrogens is 400 g/mol. The van der Waals surface area contributed by atoms with Crippen molar-refractivity contribution in [3.8, 4) is 16.3 Å². The number of aryl methyl sites for hydroxylation is 1. The van der Waals surface area contributed by atoms with E-state index < -0.39 is 6.04 Å². The van der Waals surface area contributed by atoms with Gasteiger partial charge in [-0.25, -0.2) is 0 Å². The molecule has 0 aliphatic rings. The Labute approximate surface area is 179 Å². The van der Waals surface area contributed by atoms with E-state index in [-0.39, 0.29) is 24.3 Å². The van der Waals surface area contributed by atoms with Crippen molar-refractivity contribution in [2.75, 3.05) is 11.9 Å². The number of amides is 2. The van der Waals surface area contributed by atoms with Crippen molar-refractivity contribution < 1.29 is 14.3 Å². The standard InChI is InChI=1S/C22H24N4O3S/c1-14(2)19(23-18(27)13-29-17-7-5-4-6-8-17)20(28)24-22-26-25-21(30-22)16-11-9-15(3)10-12-16/h4-12,14,19H,13H2,1-3H3,(H,23,27)(H,24,26,28). The number of aromatic nitrogens is 2. The first-order chi connectivity index (χ1) is 14.4. The largest absolute Gasteiger partial charge is 0.484 e. The molecule has 30 heavy (non-hydrogen) atoms. The van der Waals surface area contributed by atoms with Crippen molar-refractivity contribution in [3.05, 3.63) is 60.2 Å². The number of anilines is 1. The van der Waals surface area contributed by atoms with Gasteiger partial charge in [-0.2, -0.15) is 0 Å². The van der Waals surface area contributed by atoms with Crippen molar-refractivity contribution in [1.29, 1.82) is 0 Å². The lowest BCUT2D eigenvalue weighted by Gasteiger charge is -2.21. The summed E-state index contributed by atoms with van der Waals surface area (Å²) in [7, 11) is 0. The summed E-state index contributed by atoms with van der Waals surface area (Å²) in [5, 5.41) is 14.8. The monoisotopic (exact) mass is 424 g/mol. The van der Waals surface area contributed by atoms with Crippen LogP contribution in [0.1, 0.15) is 19.4 Å². The van der Waals surface area contributed by atoms with Gasteiger partial charge in [-0.15, -0.1) is 10.2 Å². The highest BCUT2D eigenvalue weighted by molar-refractivity contribution is 7.18. The van der Waals surface area contributed by atoms with Gasteiger partial charge in [0.2, 0.25) is 11.0 Å². The molecule has 0 aliphatic carbocycles. The minimum Gasteiger partial charge on any atom is -0.484 e. The Kier molecular flexibility index (Phi) is 7.13. The van der Waals surface area contributed by atoms with Crippen LogP contribution in [-0.2, 0) is 9.59 Å². The molecule has 0 saturated heterocycles. The van der Waals surface area contributed by atoms with Gasteiger partial charge in [-0.05, 0) is 25.0 Å². The molecule has 2 N–H and O–H groups in total. The maximum absolute atomic E-state index is 12.7. The molecule has 2 amide bonds. The summed E-state index contributed by atoms with van der Waals surface area (Å²) in [4.78, 5) is 25.0. The van der Waals surface area contributed by atoms with Crippen molar-refractivity contribution >= 4 is 28.3 Å². The van der Waals surface area contributed by atoms with Crippen LogP contribution in [0, 0.1) is 12.8 Å². The van der Waals surface area contributed by atoms with Gasteiger partial charge < -0.3 is 10.1 Å². The van der Waals surface area contributed by atoms with E-state index in [2.05, 4.69) is 20.8 Å². The number of nitrogens with one attached hydrogen (secondary N) is 2. The fraction of sp³-hybridized carbons (Fsp3) is 0.273. The van der Waals surface area contributed by atoms with Crippen LogP contribution in [0.15, 0.2) is 54.6 Å². The van der Waals surface area contributed by atoms with Crippen LogP contribution in [0.25, 0.3) is 10.6 Å². The lowest BCUT2D eigenvalue weighted by Crippen LogP contribution is -2.48. The van der Waals surface area contributed by atoms with E-state index in [4.69, 9.17) is 4.74 Å². The molecule has 1 aromatic heterocycles. The van der Waals surface area contributed by atoms with Crippen molar-refractivity contribution in [2.24, 2.45) is 5.92 Å². The quantitative estimate of drug-likeness (QED) is 0.575. The van der Waals surface area contributed by atoms with Gasteiger partial charge >= 0.3 is 0 Å². The second-order valence-corrected chi connectivity index (χ2v) is 8.14. The predicted octanol–water partition coefficient (Wildman–Crippen LogP) is 3.67. The normalized spacial score (nSPS) is 11.7. The van der Waals surface area contributed by atoms with E-state index >= 15 is 0 Å². The molecule has 0 radical (unpaired) electrons. The first kappa shape index (κ1) is 21.4. The van der Waals surface area contributed by atoms with Gasteiger partial charge in [-0.3, -0.25) is 14.9 Å². The molecule has 1 heterocycles. The number of ether oxygens (including phenoxy) is 1. The molecule has 7 nitrogen and oxygen atoms in total. The molecule has 0 bridgehead atoms. The van der Waals surface area contributed by atoms with E-state index in [0.717, 1.165) is 11.1 Å². The number of carbonyl (C=O) groups excluding carboxylic acids is 2. The van der Waals surface area contributed by atoms with Gasteiger partial charge in [0.15, 0.2) is 6.61 Å². The average Bonchev–Trinajstić information content (AvgIpc) is 3.20. The highest BCUT2D eigenvalue weighted by atomic mass is 32.1. The smallest absolute Gasteiger partial charge is 0.258 e. The Bertz CT molecular complexity index is 987. The zero-order chi connectivity index (χ0) is 21.5. The summed E-state index contributed by atoms with van der Waals surface area (Å²) in [6.07, 6.45) is 0. The molecule has 0 fully saturated rings. The van der Waals surface area contributed by atoms with Crippen LogP contribution in [0.4, 0.5) is 5.13 Å². The topological polar surface area (TPSA) is 93.2 Å². The second-order valence-electron chi connectivity index (χ2n) is 7.16. The van der Waals surface area contributed by atoms with Crippen LogP contribution in [0.2, 0.25) is 0 Å². The third kappa shape index (κ3) is 5.87. The summed E-state index contributed by atoms with van der Waals surface area (Å²) in [6, 6.07) is 16.2. The van der Waals surface area contributed by atoms with Crippen molar-refractivity contribution in [3.63, 3.8) is 0 Å². The fourth-order valence-corrected chi connectivity index (χ4v) is 3.44. The number of rotatable bonds is 8. The molecule has 8 heteroatoms. The second kappa shape index (κ2) is 9.98. The van der Waals surface area contributed by atoms with E-state index in [1.165, 1.54) is 11.3 Å². The van der Waals surface area contributed by atoms with Crippen LogP contribution in [0.3, 0.4) is 0 Å². The van der Waals surface area contributed by atoms with Gasteiger partial charge in [0.25, 0.3) is 5.91 Å². The van der Waals surface area contributed by atoms with E-state index in [9.17, 15) is 9.59 Å². The zero-order valence-corrected chi connectivity index (χ0v) is 17.9. The number of carbonyl (C=O) groups is 2. The predicted molar refractivity (Wildman–Crippen MR) is 117 cm³/mol. The van der Waals surface area contributed by atoms with Gasteiger partial charge in [0.1, 0.15) is 16.8 Å². The first-order valence-corrected chi connectivity index (χ1v) is 10.4. The third-order valence-corrected chi connectivity index (χ3v) is 5.22. The number of benzene rings is 2. The van der Waals surface area contributed by atoms with E-state index in [1.807, 2.05) is 63.2 Å². The Morgan fingerprint density at radius 2 is 1.73 bits per heavy atom. The minimum absolute atomic E-state index is 0.116. The number of nitrogens with zero attached hydrogens (tertiary/aromatic N) is 2. The minimum atomic E-state index is -0.719. The van der Waals surface area contributed by atoms with Crippen LogP contribution in [-0.4, -0.2) is 34.7 Å². The molecule has 0 saturated carbocycles. The Morgan fingerprint density at radius 3 is 2.40 bits per heavy atom. The lowest BCUT2D eigenvalue weighted by molar-refractivity contribution is -0.128. The molecule has 3 rings (SSSR count). The summed E-state index contributed by atoms with van der Waals surface area (Å²) in [5.74, 6) is -0.235. The molecule has 0 aliphatic heterocycles. The van der Waals surface area contributed by atoms with Gasteiger partial charge in [0, 0.05) is 5.56 Å². The molecule has 2 aromatic carbocycles. The van der Waals surface area contributed by atoms with Crippen LogP contribution in [0.5, 0.6) is 5.75 Å². The molecular formula is C22H24N4O3S. The van der Waals surface area contributed by atoms with E-state index in [1.54, 1.807) is 12.1 Å². The SMILES string of the molecule is Cc1ccc(-c2nnc(NC(=O)C(NC(=O)COc3ccccc3)C(C)C)s2)cc1. The van der Waals surface area contributed by atoms with Gasteiger partial charge in [-0.1, -0.05) is 73.2 Å². The lowest BCUT2D eigenvalue weighted by atomic mass is 10.0. The Balaban J connectivity index is 1.58. The maximum atomic E-state index is 12.7. The first-order valence-electron chi connectivity index (χ1n) is 9.61. The summed E-state index contributed by atoms with van der Waals surface area (Å²) >= 11 is 1.28. The molecule has 156 valence electrons. The summed E-state index contributed by atoms with van der Waals surface area (Å²) < 4.78 is 5.44. The maximum Gasteiger partial charge on any atom is 0.258 e. The number of hydrogen-bond donors (Lipinski definition) is 2. The molecule has 0 spiro atoms. The number of para-hydroxylation sites is 1. The molecule has 1 unspecified atom stereocenters. The third-order valence-electron chi connectivity index (χ3n) is 4.33. The highest BCUT2D eigenvalue weighted by Crippen LogP contribution is 2.26. The van der Waals surface area contributed by atoms with Crippen LogP contribution < -0.4 is 15.4 Å². The van der Waals surface area contributed by atoms with E-state index in [0.29, 0.717) is 15.9 Å². The Hall–Kier alpha value is -3.26. The fourth-order valence-electron chi connectivity index (χ4n) is 2.69. The van der Waals surface area contributed by atoms with Crippen molar-refractivity contribution in [1.82, 2.24) is 15.5 Å². The molecule has 3 aromatic rings.